The van der Waals surface area contributed by atoms with Gasteiger partial charge in [-0.1, -0.05) is 0 Å². The van der Waals surface area contributed by atoms with Crippen LogP contribution in [0.2, 0.25) is 0 Å². The van der Waals surface area contributed by atoms with Crippen molar-refractivity contribution in [3.8, 4) is 5.75 Å². The summed E-state index contributed by atoms with van der Waals surface area (Å²) in [6.07, 6.45) is 3.73. The number of fused-ring (bicyclic) bond motifs is 1. The van der Waals surface area contributed by atoms with Crippen LogP contribution in [0.1, 0.15) is 20.7 Å². The van der Waals surface area contributed by atoms with E-state index in [2.05, 4.69) is 24.1 Å². The number of nitrogen functional groups attached to an aromatic ring is 1. The molecular weight excluding hydrogens is 439 g/mol. The van der Waals surface area contributed by atoms with E-state index < -0.39 is 29.3 Å². The maximum atomic E-state index is 12.9. The van der Waals surface area contributed by atoms with E-state index in [0.29, 0.717) is 16.7 Å². The largest absolute Gasteiger partial charge is 0.497 e. The quantitative estimate of drug-likeness (QED) is 0.264. The third kappa shape index (κ3) is 5.64. The van der Waals surface area contributed by atoms with Gasteiger partial charge in [0.15, 0.2) is 0 Å². The van der Waals surface area contributed by atoms with Crippen LogP contribution in [0.15, 0.2) is 69.0 Å². The van der Waals surface area contributed by atoms with Gasteiger partial charge in [0.25, 0.3) is 0 Å². The first-order valence-corrected chi connectivity index (χ1v) is 9.07. The minimum absolute atomic E-state index is 0.0751. The highest BCUT2D eigenvalue weighted by atomic mass is 19.1. The minimum atomic E-state index is -1.04. The Morgan fingerprint density at radius 1 is 1.09 bits per heavy atom. The van der Waals surface area contributed by atoms with Gasteiger partial charge in [-0.2, -0.15) is 4.39 Å². The van der Waals surface area contributed by atoms with E-state index in [1.165, 1.54) is 37.7 Å². The number of anilines is 1. The predicted octanol–water partition coefficient (Wildman–Crippen LogP) is 1.68. The van der Waals surface area contributed by atoms with Gasteiger partial charge in [-0.25, -0.2) is 24.2 Å². The van der Waals surface area contributed by atoms with E-state index in [4.69, 9.17) is 10.5 Å². The SMILES string of the molecule is COc1ccc2c(=O)oc(=O)[nH]c2c1.Nc1cnc(F)cc1C(=O)OC(=O)c1ccncc1. The number of pyridine rings is 2. The molecule has 0 radical (unpaired) electrons. The van der Waals surface area contributed by atoms with Crippen molar-refractivity contribution in [2.75, 3.05) is 12.8 Å². The summed E-state index contributed by atoms with van der Waals surface area (Å²) in [5, 5.41) is 0.324. The number of hydrogen-bond acceptors (Lipinski definition) is 10. The normalized spacial score (nSPS) is 10.1. The van der Waals surface area contributed by atoms with Crippen LogP contribution in [0.4, 0.5) is 10.1 Å². The molecule has 0 bridgehead atoms. The molecule has 1 aromatic carbocycles. The third-order valence-corrected chi connectivity index (χ3v) is 4.09. The number of hydrogen-bond donors (Lipinski definition) is 2. The standard InChI is InChI=1S/C12H8FN3O3.C9H7NO4/c13-10-5-8(9(14)6-16-10)12(18)19-11(17)7-1-3-15-4-2-7;1-13-5-2-3-6-7(4-5)10-9(12)14-8(6)11/h1-6H,14H2;2-4H,1H3,(H,10,12). The fourth-order valence-corrected chi connectivity index (χ4v) is 2.51. The number of esters is 2. The van der Waals surface area contributed by atoms with Crippen LogP contribution in [0, 0.1) is 5.95 Å². The van der Waals surface area contributed by atoms with E-state index in [1.54, 1.807) is 12.1 Å². The molecule has 3 aromatic heterocycles. The second kappa shape index (κ2) is 9.96. The first kappa shape index (κ1) is 22.8. The summed E-state index contributed by atoms with van der Waals surface area (Å²) in [6, 6.07) is 8.29. The van der Waals surface area contributed by atoms with Crippen LogP contribution >= 0.6 is 0 Å². The molecule has 4 rings (SSSR count). The number of carbonyl (C=O) groups is 2. The number of nitrogens with zero attached hydrogens (tertiary/aromatic N) is 2. The van der Waals surface area contributed by atoms with Crippen molar-refractivity contribution in [2.24, 2.45) is 0 Å². The molecule has 3 N–H and O–H groups in total. The Kier molecular flexibility index (Phi) is 6.88. The molecule has 12 heteroatoms. The number of nitrogens with one attached hydrogen (secondary N) is 1. The van der Waals surface area contributed by atoms with Crippen LogP contribution in [0.5, 0.6) is 5.75 Å². The summed E-state index contributed by atoms with van der Waals surface area (Å²) in [5.41, 5.74) is 5.03. The van der Waals surface area contributed by atoms with Crippen LogP contribution in [0.3, 0.4) is 0 Å². The minimum Gasteiger partial charge on any atom is -0.497 e. The van der Waals surface area contributed by atoms with Gasteiger partial charge in [-0.05, 0) is 24.3 Å². The summed E-state index contributed by atoms with van der Waals surface area (Å²) < 4.78 is 26.8. The molecule has 0 spiro atoms. The van der Waals surface area contributed by atoms with E-state index in [9.17, 15) is 23.6 Å². The maximum Gasteiger partial charge on any atom is 0.419 e. The highest BCUT2D eigenvalue weighted by Gasteiger charge is 2.18. The summed E-state index contributed by atoms with van der Waals surface area (Å²) in [5.74, 6) is -3.00. The van der Waals surface area contributed by atoms with Gasteiger partial charge in [0.2, 0.25) is 5.95 Å². The van der Waals surface area contributed by atoms with Crippen LogP contribution in [-0.4, -0.2) is 34.0 Å². The van der Waals surface area contributed by atoms with Crippen molar-refractivity contribution < 1.29 is 27.9 Å². The number of nitrogens with two attached hydrogens (primary N) is 1. The maximum absolute atomic E-state index is 12.9. The first-order chi connectivity index (χ1) is 15.8. The second-order valence-corrected chi connectivity index (χ2v) is 6.22. The molecule has 168 valence electrons. The second-order valence-electron chi connectivity index (χ2n) is 6.22. The van der Waals surface area contributed by atoms with E-state index in [0.717, 1.165) is 12.3 Å². The number of aromatic amines is 1. The van der Waals surface area contributed by atoms with Gasteiger partial charge in [-0.15, -0.1) is 0 Å². The van der Waals surface area contributed by atoms with E-state index in [-0.39, 0.29) is 16.8 Å². The number of methoxy groups -OCH3 is 1. The number of ether oxygens (including phenoxy) is 2. The number of carbonyl (C=O) groups excluding carboxylic acids is 2. The van der Waals surface area contributed by atoms with E-state index >= 15 is 0 Å². The molecule has 3 heterocycles. The number of halogens is 1. The molecule has 0 aliphatic heterocycles. The summed E-state index contributed by atoms with van der Waals surface area (Å²) >= 11 is 0. The van der Waals surface area contributed by atoms with Crippen molar-refractivity contribution in [3.63, 3.8) is 0 Å². The first-order valence-electron chi connectivity index (χ1n) is 9.07. The van der Waals surface area contributed by atoms with Gasteiger partial charge in [0, 0.05) is 24.5 Å². The Morgan fingerprint density at radius 3 is 2.52 bits per heavy atom. The molecule has 4 aromatic rings. The molecule has 33 heavy (non-hydrogen) atoms. The van der Waals surface area contributed by atoms with Crippen LogP contribution in [0.25, 0.3) is 10.9 Å². The molecule has 0 aliphatic carbocycles. The molecule has 0 fully saturated rings. The Hall–Kier alpha value is -4.87. The zero-order valence-electron chi connectivity index (χ0n) is 16.9. The lowest BCUT2D eigenvalue weighted by molar-refractivity contribution is 0.0398. The van der Waals surface area contributed by atoms with Crippen LogP contribution < -0.4 is 21.9 Å². The average molecular weight is 454 g/mol. The van der Waals surface area contributed by atoms with E-state index in [1.807, 2.05) is 0 Å². The molecular formula is C21H15FN4O7. The molecule has 0 saturated carbocycles. The lowest BCUT2D eigenvalue weighted by Crippen LogP contribution is -2.15. The van der Waals surface area contributed by atoms with Gasteiger partial charge in [0.1, 0.15) is 5.75 Å². The Bertz CT molecular complexity index is 1430. The average Bonchev–Trinajstić information content (AvgIpc) is 2.81. The molecule has 0 amide bonds. The van der Waals surface area contributed by atoms with Gasteiger partial charge in [-0.3, -0.25) is 9.97 Å². The summed E-state index contributed by atoms with van der Waals surface area (Å²) in [4.78, 5) is 54.7. The number of rotatable bonds is 3. The molecule has 0 aliphatic rings. The smallest absolute Gasteiger partial charge is 0.419 e. The van der Waals surface area contributed by atoms with Crippen molar-refractivity contribution in [2.45, 2.75) is 0 Å². The van der Waals surface area contributed by atoms with Crippen LogP contribution in [-0.2, 0) is 4.74 Å². The molecule has 0 saturated heterocycles. The topological polar surface area (TPSA) is 167 Å². The number of benzene rings is 1. The Labute approximate surface area is 183 Å². The monoisotopic (exact) mass is 454 g/mol. The fraction of sp³-hybridized carbons (Fsp3) is 0.0476. The number of aromatic nitrogens is 3. The molecule has 11 nitrogen and oxygen atoms in total. The van der Waals surface area contributed by atoms with Crippen molar-refractivity contribution in [1.29, 1.82) is 0 Å². The summed E-state index contributed by atoms with van der Waals surface area (Å²) in [7, 11) is 1.50. The highest BCUT2D eigenvalue weighted by molar-refractivity contribution is 6.04. The highest BCUT2D eigenvalue weighted by Crippen LogP contribution is 2.15. The predicted molar refractivity (Wildman–Crippen MR) is 112 cm³/mol. The Morgan fingerprint density at radius 2 is 1.82 bits per heavy atom. The lowest BCUT2D eigenvalue weighted by Gasteiger charge is -2.05. The molecule has 0 unspecified atom stereocenters. The third-order valence-electron chi connectivity index (χ3n) is 4.09. The summed E-state index contributed by atoms with van der Waals surface area (Å²) in [6.45, 7) is 0. The van der Waals surface area contributed by atoms with Crippen molar-refractivity contribution in [1.82, 2.24) is 15.0 Å². The van der Waals surface area contributed by atoms with Crippen molar-refractivity contribution >= 4 is 28.5 Å². The van der Waals surface area contributed by atoms with Gasteiger partial charge >= 0.3 is 23.3 Å². The Balaban J connectivity index is 0.000000194. The van der Waals surface area contributed by atoms with Crippen molar-refractivity contribution in [3.05, 3.63) is 93.0 Å². The number of H-pyrrole nitrogens is 1. The molecule has 0 atom stereocenters. The zero-order valence-corrected chi connectivity index (χ0v) is 16.9. The fourth-order valence-electron chi connectivity index (χ4n) is 2.51. The van der Waals surface area contributed by atoms with Gasteiger partial charge in [0.05, 0.1) is 41.0 Å². The zero-order chi connectivity index (χ0) is 24.0. The van der Waals surface area contributed by atoms with Gasteiger partial charge < -0.3 is 19.6 Å². The lowest BCUT2D eigenvalue weighted by atomic mass is 10.2.